The molecule has 0 aliphatic carbocycles. The molecule has 6 rings (SSSR count). The third-order valence-corrected chi connectivity index (χ3v) is 11.0. The zero-order valence-corrected chi connectivity index (χ0v) is 43.9. The molecule has 12 nitrogen and oxygen atoms in total. The van der Waals surface area contributed by atoms with Gasteiger partial charge in [0.2, 0.25) is 0 Å². The van der Waals surface area contributed by atoms with Gasteiger partial charge in [-0.15, -0.1) is 22.1 Å². The van der Waals surface area contributed by atoms with E-state index in [1.807, 2.05) is 54.7 Å². The van der Waals surface area contributed by atoms with Crippen LogP contribution in [0.25, 0.3) is 68.5 Å². The van der Waals surface area contributed by atoms with Crippen LogP contribution < -0.4 is 91.4 Å². The zero-order valence-electron chi connectivity index (χ0n) is 38.9. The molecule has 0 atom stereocenters. The molecule has 0 radical (unpaired) electrons. The van der Waals surface area contributed by atoms with Crippen molar-refractivity contribution >= 4 is 34.7 Å². The van der Waals surface area contributed by atoms with Crippen molar-refractivity contribution in [1.29, 1.82) is 0 Å². The van der Waals surface area contributed by atoms with Crippen LogP contribution in [0.15, 0.2) is 98.5 Å². The molecule has 0 fully saturated rings. The Labute approximate surface area is 432 Å². The van der Waals surface area contributed by atoms with Gasteiger partial charge in [-0.05, 0) is 79.7 Å². The first-order valence-electron chi connectivity index (χ1n) is 21.4. The number of hydrogen-bond acceptors (Lipinski definition) is 1. The van der Waals surface area contributed by atoms with Gasteiger partial charge in [0.1, 0.15) is 37.2 Å². The minimum Gasteiger partial charge on any atom is -1.00 e. The molecule has 5 aromatic heterocycles. The quantitative estimate of drug-likeness (QED) is 0.0538. The molecule has 1 aliphatic rings. The van der Waals surface area contributed by atoms with Gasteiger partial charge in [0.05, 0.1) is 86.6 Å². The summed E-state index contributed by atoms with van der Waals surface area (Å²) in [5.74, 6) is 3.62. The van der Waals surface area contributed by atoms with Gasteiger partial charge in [0, 0.05) is 5.56 Å². The molecule has 0 saturated heterocycles. The fraction of sp³-hybridized carbons (Fsp3) is 0.333. The van der Waals surface area contributed by atoms with E-state index in [1.165, 1.54) is 0 Å². The number of aryl methyl sites for hydroxylation is 6. The van der Waals surface area contributed by atoms with Crippen LogP contribution >= 0.6 is 0 Å². The molecule has 6 heterocycles. The second-order valence-corrected chi connectivity index (χ2v) is 14.3. The van der Waals surface area contributed by atoms with Gasteiger partial charge in [0.25, 0.3) is 23.3 Å². The maximum atomic E-state index is 12.2. The van der Waals surface area contributed by atoms with Gasteiger partial charge in [0.15, 0.2) is 0 Å². The molecule has 0 unspecified atom stereocenters. The average Bonchev–Trinajstić information content (AvgIpc) is 4.12. The predicted octanol–water partition coefficient (Wildman–Crippen LogP) is -7.42. The number of halogens is 5. The number of nitrogens with one attached hydrogen (secondary N) is 2. The molecule has 18 heteroatoms. The van der Waals surface area contributed by atoms with Gasteiger partial charge in [-0.1, -0.05) is 43.0 Å². The summed E-state index contributed by atoms with van der Waals surface area (Å²) in [6.45, 7) is 26.7. The molecular weight excluding hydrogens is 977 g/mol. The van der Waals surface area contributed by atoms with Gasteiger partial charge in [-0.3, -0.25) is 5.32 Å². The summed E-state index contributed by atoms with van der Waals surface area (Å²) in [5.41, 5.74) is 15.9. The molecule has 0 spiro atoms. The van der Waals surface area contributed by atoms with Gasteiger partial charge in [-0.25, -0.2) is 37.0 Å². The number of rotatable bonds is 13. The Morgan fingerprint density at radius 2 is 1.12 bits per heavy atom. The molecule has 2 N–H and O–H groups in total. The van der Waals surface area contributed by atoms with E-state index in [0.717, 1.165) is 77.4 Å². The Kier molecular flexibility index (Phi) is 26.6. The molecule has 0 aromatic carbocycles. The number of imidazole rings is 3. The Morgan fingerprint density at radius 1 is 0.682 bits per heavy atom. The summed E-state index contributed by atoms with van der Waals surface area (Å²) < 4.78 is 15.2. The van der Waals surface area contributed by atoms with Crippen molar-refractivity contribution in [1.82, 2.24) is 29.0 Å². The van der Waals surface area contributed by atoms with Crippen molar-refractivity contribution in [3.63, 3.8) is 0 Å². The molecule has 66 heavy (non-hydrogen) atoms. The van der Waals surface area contributed by atoms with Crippen LogP contribution in [0.3, 0.4) is 0 Å². The topological polar surface area (TPSA) is 115 Å². The van der Waals surface area contributed by atoms with Gasteiger partial charge >= 0.3 is 17.1 Å². The number of nitrogens with zero attached hydrogens (tertiary/aromatic N) is 10. The molecule has 0 amide bonds. The number of fused-ring (bicyclic) bond motifs is 4. The van der Waals surface area contributed by atoms with E-state index < -0.39 is 0 Å². The Balaban J connectivity index is 0.00000704. The van der Waals surface area contributed by atoms with Crippen LogP contribution in [0.5, 0.6) is 0 Å². The van der Waals surface area contributed by atoms with Crippen LogP contribution in [0.2, 0.25) is 0 Å². The summed E-state index contributed by atoms with van der Waals surface area (Å²) in [6, 6.07) is 15.4. The molecule has 0 saturated carbocycles. The van der Waals surface area contributed by atoms with E-state index in [2.05, 4.69) is 143 Å². The molecule has 1 aliphatic heterocycles. The summed E-state index contributed by atoms with van der Waals surface area (Å²) in [6.07, 6.45) is 18.4. The minimum absolute atomic E-state index is 0. The van der Waals surface area contributed by atoms with Crippen LogP contribution in [-0.4, -0.2) is 42.2 Å². The maximum absolute atomic E-state index is 12.2. The first-order valence-corrected chi connectivity index (χ1v) is 21.4. The van der Waals surface area contributed by atoms with Crippen molar-refractivity contribution in [2.24, 2.45) is 0 Å². The van der Waals surface area contributed by atoms with Crippen LogP contribution in [0.4, 0.5) is 5.69 Å². The zero-order chi connectivity index (χ0) is 42.9. The van der Waals surface area contributed by atoms with Crippen molar-refractivity contribution in [3.8, 4) is 34.2 Å². The standard InChI is InChI=1S/C48H60N12.5ClH.Mn/c1-10-51-45(54(11-2)12-3)35-21-19-23-36(49)42(46-55(13-4)29-30-56(46)14-5)38-25-27-40(52-38)44(48-59(17-8)33-34-60(48)18-9)41-28-26-39(53-41)43(37(50)24-20-22-35)47-57(15-6)31-32-58(47)16-7;;;;;;/h11,19-34H,2,10,12-18H2,1,3-9H3,(H-2,49,50);5*1H;/q;;;;;;+3/p-4. The first kappa shape index (κ1) is 61.4. The summed E-state index contributed by atoms with van der Waals surface area (Å²) in [7, 11) is 0. The number of aromatic nitrogens is 8. The first-order chi connectivity index (χ1) is 29.2. The monoisotopic (exact) mass is 1040 g/mol. The van der Waals surface area contributed by atoms with E-state index >= 15 is 0 Å². The van der Waals surface area contributed by atoms with Crippen molar-refractivity contribution < 1.29 is 97.4 Å². The molecular formula is C48H61Cl5MnN12-. The van der Waals surface area contributed by atoms with Crippen molar-refractivity contribution in [2.75, 3.05) is 13.1 Å². The second-order valence-electron chi connectivity index (χ2n) is 14.3. The maximum Gasteiger partial charge on any atom is 3.00 e. The fourth-order valence-corrected chi connectivity index (χ4v) is 7.96. The Bertz CT molecular complexity index is 2650. The summed E-state index contributed by atoms with van der Waals surface area (Å²) in [5, 5.41) is 15.9. The third kappa shape index (κ3) is 12.5. The van der Waals surface area contributed by atoms with Crippen LogP contribution in [0.1, 0.15) is 72.3 Å². The second kappa shape index (κ2) is 28.6. The third-order valence-electron chi connectivity index (χ3n) is 11.0. The summed E-state index contributed by atoms with van der Waals surface area (Å²) >= 11 is 0. The predicted molar refractivity (Wildman–Crippen MR) is 242 cm³/mol. The SMILES string of the molecule is C=C[N+](CC)=C(NCC)c1cccc([NH-])c(-c2n(CC)cc[n+]2CC)c2nc(c(-c3n(CC)cc[n+]3CC)c3ccc([n-]3)c(-c3n(CC)cc[n+]3CC)c(=[N-])ccc1)C=C2.[Cl-].[Cl-].[Cl-].[Cl-].[Cl-].[Mn+3]. The van der Waals surface area contributed by atoms with E-state index in [9.17, 15) is 11.1 Å². The normalized spacial score (nSPS) is 10.8. The molecule has 356 valence electrons. The van der Waals surface area contributed by atoms with E-state index in [0.29, 0.717) is 48.6 Å². The van der Waals surface area contributed by atoms with Gasteiger partial charge in [-0.2, -0.15) is 0 Å². The number of hydrogen-bond donors (Lipinski definition) is 1. The largest absolute Gasteiger partial charge is 3.00 e. The van der Waals surface area contributed by atoms with E-state index in [4.69, 9.17) is 9.97 Å². The van der Waals surface area contributed by atoms with Crippen molar-refractivity contribution in [3.05, 3.63) is 132 Å². The van der Waals surface area contributed by atoms with E-state index in [1.54, 1.807) is 6.07 Å². The Morgan fingerprint density at radius 3 is 1.56 bits per heavy atom. The average molecular weight is 1040 g/mol. The minimum atomic E-state index is 0. The van der Waals surface area contributed by atoms with Crippen molar-refractivity contribution in [2.45, 2.75) is 94.7 Å². The smallest absolute Gasteiger partial charge is 1.00 e. The Hall–Kier alpha value is -4.59. The fourth-order valence-electron chi connectivity index (χ4n) is 7.96. The van der Waals surface area contributed by atoms with E-state index in [-0.39, 0.29) is 84.5 Å². The van der Waals surface area contributed by atoms with Crippen LogP contribution in [-0.2, 0) is 56.3 Å². The van der Waals surface area contributed by atoms with Gasteiger partial charge < -0.3 is 78.2 Å². The molecule has 4 bridgehead atoms. The molecule has 5 aromatic rings. The summed E-state index contributed by atoms with van der Waals surface area (Å²) in [4.78, 5) is 10.8. The number of amidine groups is 1. The van der Waals surface area contributed by atoms with Crippen LogP contribution in [0, 0.1) is 0 Å².